The normalized spacial score (nSPS) is 19.5. The van der Waals surface area contributed by atoms with Gasteiger partial charge in [-0.05, 0) is 62.0 Å². The lowest BCUT2D eigenvalue weighted by Gasteiger charge is -2.32. The molecular weight excluding hydrogens is 323 g/mol. The molecule has 2 rings (SSSR count). The zero-order valence-corrected chi connectivity index (χ0v) is 16.5. The van der Waals surface area contributed by atoms with Crippen LogP contribution in [0.4, 0.5) is 0 Å². The van der Waals surface area contributed by atoms with E-state index in [-0.39, 0.29) is 11.2 Å². The monoisotopic (exact) mass is 350 g/mol. The topological polar surface area (TPSA) is 36.9 Å². The van der Waals surface area contributed by atoms with Gasteiger partial charge in [0, 0.05) is 0 Å². The Morgan fingerprint density at radius 2 is 1.67 bits per heavy atom. The first-order valence-electron chi connectivity index (χ1n) is 8.15. The molecule has 1 aromatic rings. The largest absolute Gasteiger partial charge is 0.495 e. The Labute approximate surface area is 150 Å². The third-order valence-corrected chi connectivity index (χ3v) is 5.35. The molecule has 1 aromatic carbocycles. The molecule has 1 aliphatic rings. The van der Waals surface area contributed by atoms with Crippen molar-refractivity contribution in [3.63, 3.8) is 0 Å². The van der Waals surface area contributed by atoms with Crippen LogP contribution in [-0.2, 0) is 9.31 Å². The highest BCUT2D eigenvalue weighted by atomic mass is 32.2. The average molecular weight is 350 g/mol. The zero-order valence-electron chi connectivity index (χ0n) is 15.6. The summed E-state index contributed by atoms with van der Waals surface area (Å²) in [6, 6.07) is 5.88. The van der Waals surface area contributed by atoms with Crippen molar-refractivity contribution < 1.29 is 18.8 Å². The number of hydrogen-bond donors (Lipinski definition) is 0. The second-order valence-corrected chi connectivity index (χ2v) is 7.83. The predicted molar refractivity (Wildman–Crippen MR) is 102 cm³/mol. The first-order chi connectivity index (χ1) is 11.3. The summed E-state index contributed by atoms with van der Waals surface area (Å²) in [5.74, 6) is 2.38. The van der Waals surface area contributed by atoms with Gasteiger partial charge in [-0.3, -0.25) is 0 Å². The van der Waals surface area contributed by atoms with Gasteiger partial charge in [-0.15, -0.1) is 11.8 Å². The van der Waals surface area contributed by atoms with Crippen molar-refractivity contribution in [3.8, 4) is 11.5 Å². The molecule has 1 fully saturated rings. The Bertz CT molecular complexity index is 597. The number of methoxy groups -OCH3 is 2. The number of hydrogen-bond acceptors (Lipinski definition) is 5. The molecule has 1 saturated heterocycles. The Morgan fingerprint density at radius 1 is 1.08 bits per heavy atom. The quantitative estimate of drug-likeness (QED) is 0.710. The van der Waals surface area contributed by atoms with Crippen LogP contribution in [-0.4, -0.2) is 38.3 Å². The molecule has 0 radical (unpaired) electrons. The lowest BCUT2D eigenvalue weighted by atomic mass is 9.75. The number of ether oxygens (including phenoxy) is 2. The van der Waals surface area contributed by atoms with Crippen molar-refractivity contribution in [2.45, 2.75) is 45.8 Å². The lowest BCUT2D eigenvalue weighted by molar-refractivity contribution is 0.00578. The minimum Gasteiger partial charge on any atom is -0.493 e. The predicted octanol–water partition coefficient (Wildman–Crippen LogP) is 4.43. The maximum atomic E-state index is 6.23. The van der Waals surface area contributed by atoms with Gasteiger partial charge in [0.15, 0.2) is 11.5 Å². The van der Waals surface area contributed by atoms with Gasteiger partial charge in [-0.25, -0.2) is 0 Å². The standard InChI is InChI=1S/C18H27BO4S/c1-8-24-12-14(19-22-17(2,3)18(4,5)23-19)13-9-10-15(20-6)16(11-13)21-7/h9-12H,8H2,1-7H3/b14-12-. The van der Waals surface area contributed by atoms with Gasteiger partial charge in [0.05, 0.1) is 25.4 Å². The second-order valence-electron chi connectivity index (χ2n) is 6.69. The van der Waals surface area contributed by atoms with E-state index in [1.807, 2.05) is 18.2 Å². The summed E-state index contributed by atoms with van der Waals surface area (Å²) in [6.07, 6.45) is 0. The zero-order chi connectivity index (χ0) is 18.0. The summed E-state index contributed by atoms with van der Waals surface area (Å²) in [5, 5.41) is 2.11. The van der Waals surface area contributed by atoms with Crippen molar-refractivity contribution >= 4 is 24.4 Å². The minimum absolute atomic E-state index is 0.371. The maximum absolute atomic E-state index is 6.23. The van der Waals surface area contributed by atoms with Crippen molar-refractivity contribution in [3.05, 3.63) is 29.2 Å². The maximum Gasteiger partial charge on any atom is 0.495 e. The molecule has 24 heavy (non-hydrogen) atoms. The van der Waals surface area contributed by atoms with E-state index < -0.39 is 7.12 Å². The van der Waals surface area contributed by atoms with Crippen LogP contribution in [0, 0.1) is 0 Å². The molecule has 0 atom stereocenters. The minimum atomic E-state index is -0.410. The lowest BCUT2D eigenvalue weighted by Crippen LogP contribution is -2.41. The molecule has 0 bridgehead atoms. The highest BCUT2D eigenvalue weighted by molar-refractivity contribution is 8.02. The second kappa shape index (κ2) is 7.42. The molecule has 1 aliphatic heterocycles. The first-order valence-corrected chi connectivity index (χ1v) is 9.20. The van der Waals surface area contributed by atoms with E-state index in [1.54, 1.807) is 26.0 Å². The number of benzene rings is 1. The molecule has 6 heteroatoms. The van der Waals surface area contributed by atoms with Crippen LogP contribution in [0.1, 0.15) is 40.2 Å². The van der Waals surface area contributed by atoms with E-state index in [0.29, 0.717) is 11.5 Å². The third-order valence-electron chi connectivity index (χ3n) is 4.60. The van der Waals surface area contributed by atoms with Crippen LogP contribution < -0.4 is 9.47 Å². The summed E-state index contributed by atoms with van der Waals surface area (Å²) < 4.78 is 23.2. The molecule has 0 unspecified atom stereocenters. The fourth-order valence-electron chi connectivity index (χ4n) is 2.42. The Balaban J connectivity index is 2.41. The average Bonchev–Trinajstić information content (AvgIpc) is 2.75. The van der Waals surface area contributed by atoms with Crippen LogP contribution in [0.5, 0.6) is 11.5 Å². The third kappa shape index (κ3) is 3.76. The fourth-order valence-corrected chi connectivity index (χ4v) is 3.01. The van der Waals surface area contributed by atoms with Crippen LogP contribution >= 0.6 is 11.8 Å². The van der Waals surface area contributed by atoms with Gasteiger partial charge < -0.3 is 18.8 Å². The first kappa shape index (κ1) is 19.2. The van der Waals surface area contributed by atoms with E-state index >= 15 is 0 Å². The number of rotatable bonds is 6. The van der Waals surface area contributed by atoms with Crippen LogP contribution in [0.2, 0.25) is 0 Å². The fraction of sp³-hybridized carbons (Fsp3) is 0.556. The Kier molecular flexibility index (Phi) is 5.94. The van der Waals surface area contributed by atoms with E-state index in [2.05, 4.69) is 40.0 Å². The molecule has 0 spiro atoms. The van der Waals surface area contributed by atoms with E-state index in [0.717, 1.165) is 16.8 Å². The molecular formula is C18H27BO4S. The Morgan fingerprint density at radius 3 is 2.17 bits per heavy atom. The SMILES string of the molecule is CCS/C=C(\B1OC(C)(C)C(C)(C)O1)c1ccc(OC)c(OC)c1. The van der Waals surface area contributed by atoms with Gasteiger partial charge >= 0.3 is 7.12 Å². The van der Waals surface area contributed by atoms with Gasteiger partial charge in [-0.2, -0.15) is 0 Å². The van der Waals surface area contributed by atoms with Gasteiger partial charge in [0.1, 0.15) is 0 Å². The molecule has 0 aromatic heterocycles. The molecule has 0 aliphatic carbocycles. The van der Waals surface area contributed by atoms with Crippen molar-refractivity contribution in [1.82, 2.24) is 0 Å². The molecule has 1 heterocycles. The van der Waals surface area contributed by atoms with Crippen LogP contribution in [0.15, 0.2) is 23.6 Å². The van der Waals surface area contributed by atoms with E-state index in [1.165, 1.54) is 0 Å². The number of thioether (sulfide) groups is 1. The van der Waals surface area contributed by atoms with Crippen LogP contribution in [0.3, 0.4) is 0 Å². The van der Waals surface area contributed by atoms with Crippen LogP contribution in [0.25, 0.3) is 5.47 Å². The van der Waals surface area contributed by atoms with E-state index in [9.17, 15) is 0 Å². The molecule has 0 saturated carbocycles. The van der Waals surface area contributed by atoms with E-state index in [4.69, 9.17) is 18.8 Å². The summed E-state index contributed by atoms with van der Waals surface area (Å²) >= 11 is 1.73. The van der Waals surface area contributed by atoms with Gasteiger partial charge in [0.25, 0.3) is 0 Å². The highest BCUT2D eigenvalue weighted by Crippen LogP contribution is 2.42. The summed E-state index contributed by atoms with van der Waals surface area (Å²) in [6.45, 7) is 10.4. The van der Waals surface area contributed by atoms with Gasteiger partial charge in [0.2, 0.25) is 0 Å². The summed E-state index contributed by atoms with van der Waals surface area (Å²) in [5.41, 5.74) is 1.27. The smallest absolute Gasteiger partial charge is 0.493 e. The summed E-state index contributed by atoms with van der Waals surface area (Å²) in [4.78, 5) is 0. The van der Waals surface area contributed by atoms with Crippen molar-refractivity contribution in [2.24, 2.45) is 0 Å². The van der Waals surface area contributed by atoms with Crippen molar-refractivity contribution in [2.75, 3.05) is 20.0 Å². The molecule has 4 nitrogen and oxygen atoms in total. The summed E-state index contributed by atoms with van der Waals surface area (Å²) in [7, 11) is 2.86. The molecule has 132 valence electrons. The molecule has 0 amide bonds. The molecule has 0 N–H and O–H groups in total. The Hall–Kier alpha value is -1.11. The van der Waals surface area contributed by atoms with Gasteiger partial charge in [-0.1, -0.05) is 13.0 Å². The van der Waals surface area contributed by atoms with Crippen molar-refractivity contribution in [1.29, 1.82) is 0 Å². The highest BCUT2D eigenvalue weighted by Gasteiger charge is 2.52.